The van der Waals surface area contributed by atoms with Crippen LogP contribution in [0.4, 0.5) is 0 Å². The van der Waals surface area contributed by atoms with Crippen LogP contribution in [0.25, 0.3) is 5.57 Å². The van der Waals surface area contributed by atoms with Gasteiger partial charge in [-0.1, -0.05) is 55.1 Å². The maximum absolute atomic E-state index is 8.87. The first-order valence-corrected chi connectivity index (χ1v) is 8.33. The summed E-state index contributed by atoms with van der Waals surface area (Å²) in [6.07, 6.45) is 9.82. The molecule has 0 amide bonds. The molecule has 0 radical (unpaired) electrons. The summed E-state index contributed by atoms with van der Waals surface area (Å²) in [7, 11) is 0. The summed E-state index contributed by atoms with van der Waals surface area (Å²) >= 11 is 0. The summed E-state index contributed by atoms with van der Waals surface area (Å²) in [5.74, 6) is 1.36. The van der Waals surface area contributed by atoms with Crippen molar-refractivity contribution in [1.29, 1.82) is 5.26 Å². The lowest BCUT2D eigenvalue weighted by atomic mass is 10.1. The molecule has 1 aromatic carbocycles. The summed E-state index contributed by atoms with van der Waals surface area (Å²) in [6, 6.07) is 12.0. The number of allylic oxidation sites excluding steroid dienone is 7. The number of rotatable bonds is 8. The zero-order valence-electron chi connectivity index (χ0n) is 15.1. The Morgan fingerprint density at radius 2 is 2.08 bits per heavy atom. The summed E-state index contributed by atoms with van der Waals surface area (Å²) in [5.41, 5.74) is 2.91. The van der Waals surface area contributed by atoms with Gasteiger partial charge in [0, 0.05) is 6.42 Å². The van der Waals surface area contributed by atoms with E-state index in [1.165, 1.54) is 6.26 Å². The molecule has 2 aromatic rings. The van der Waals surface area contributed by atoms with Gasteiger partial charge >= 0.3 is 0 Å². The van der Waals surface area contributed by atoms with Crippen LogP contribution < -0.4 is 0 Å². The predicted molar refractivity (Wildman–Crippen MR) is 103 cm³/mol. The van der Waals surface area contributed by atoms with Crippen molar-refractivity contribution in [2.24, 2.45) is 0 Å². The Morgan fingerprint density at radius 3 is 2.77 bits per heavy atom. The first-order valence-electron chi connectivity index (χ1n) is 8.33. The molecule has 1 aromatic heterocycles. The number of nitriles is 1. The van der Waals surface area contributed by atoms with Crippen LogP contribution in [0.3, 0.4) is 0 Å². The highest BCUT2D eigenvalue weighted by atomic mass is 16.5. The van der Waals surface area contributed by atoms with Crippen LogP contribution in [0.1, 0.15) is 31.0 Å². The molecule has 2 rings (SSSR count). The van der Waals surface area contributed by atoms with E-state index in [1.54, 1.807) is 0 Å². The average Bonchev–Trinajstić information content (AvgIpc) is 3.13. The number of benzene rings is 1. The van der Waals surface area contributed by atoms with E-state index in [4.69, 9.17) is 14.4 Å². The molecule has 0 bridgehead atoms. The first kappa shape index (κ1) is 19.0. The van der Waals surface area contributed by atoms with E-state index in [9.17, 15) is 0 Å². The topological polar surface area (TPSA) is 59.0 Å². The predicted octanol–water partition coefficient (Wildman–Crippen LogP) is 5.38. The molecule has 0 aliphatic heterocycles. The third-order valence-corrected chi connectivity index (χ3v) is 3.57. The highest BCUT2D eigenvalue weighted by Crippen LogP contribution is 2.15. The van der Waals surface area contributed by atoms with Gasteiger partial charge in [0.15, 0.2) is 5.89 Å². The Bertz CT molecular complexity index is 865. The summed E-state index contributed by atoms with van der Waals surface area (Å²) in [6.45, 7) is 8.05. The average molecular weight is 346 g/mol. The molecular weight excluding hydrogens is 324 g/mol. The monoisotopic (exact) mass is 346 g/mol. The van der Waals surface area contributed by atoms with Gasteiger partial charge in [0.1, 0.15) is 24.6 Å². The van der Waals surface area contributed by atoms with Crippen molar-refractivity contribution >= 4 is 5.57 Å². The molecule has 4 nitrogen and oxygen atoms in total. The number of nitrogens with zero attached hydrogens (tertiary/aromatic N) is 2. The van der Waals surface area contributed by atoms with Crippen LogP contribution in [0.2, 0.25) is 0 Å². The van der Waals surface area contributed by atoms with Crippen LogP contribution in [-0.4, -0.2) is 4.98 Å². The highest BCUT2D eigenvalue weighted by Gasteiger charge is 2.07. The molecule has 132 valence electrons. The fraction of sp³-hybridized carbons (Fsp3) is 0.182. The van der Waals surface area contributed by atoms with Crippen molar-refractivity contribution in [3.05, 3.63) is 96.0 Å². The van der Waals surface area contributed by atoms with Crippen molar-refractivity contribution < 1.29 is 9.15 Å². The molecule has 4 heteroatoms. The number of hydrogen-bond donors (Lipinski definition) is 0. The Labute approximate surface area is 154 Å². The van der Waals surface area contributed by atoms with Crippen LogP contribution >= 0.6 is 0 Å². The van der Waals surface area contributed by atoms with Crippen molar-refractivity contribution in [1.82, 2.24) is 4.98 Å². The second-order valence-corrected chi connectivity index (χ2v) is 5.69. The summed E-state index contributed by atoms with van der Waals surface area (Å²) < 4.78 is 11.2. The number of hydrogen-bond acceptors (Lipinski definition) is 4. The fourth-order valence-corrected chi connectivity index (χ4v) is 2.19. The lowest BCUT2D eigenvalue weighted by Gasteiger charge is -2.05. The van der Waals surface area contributed by atoms with E-state index >= 15 is 0 Å². The molecule has 0 saturated carbocycles. The molecule has 0 saturated heterocycles. The molecule has 1 heterocycles. The van der Waals surface area contributed by atoms with Crippen molar-refractivity contribution in [2.75, 3.05) is 0 Å². The zero-order chi connectivity index (χ0) is 18.8. The van der Waals surface area contributed by atoms with Crippen molar-refractivity contribution in [3.63, 3.8) is 0 Å². The van der Waals surface area contributed by atoms with Gasteiger partial charge in [-0.3, -0.25) is 0 Å². The SMILES string of the molecule is C=C(C#N)c1coc(CC(/C=C\C)=C/C=C(\C)OCc2ccccc2)n1. The molecule has 0 N–H and O–H groups in total. The van der Waals surface area contributed by atoms with Crippen molar-refractivity contribution in [3.8, 4) is 6.07 Å². The molecule has 0 spiro atoms. The van der Waals surface area contributed by atoms with Gasteiger partial charge in [0.2, 0.25) is 0 Å². The number of ether oxygens (including phenoxy) is 1. The lowest BCUT2D eigenvalue weighted by molar-refractivity contribution is 0.201. The third kappa shape index (κ3) is 5.95. The molecule has 0 unspecified atom stereocenters. The summed E-state index contributed by atoms with van der Waals surface area (Å²) in [4.78, 5) is 4.29. The third-order valence-electron chi connectivity index (χ3n) is 3.57. The quantitative estimate of drug-likeness (QED) is 0.366. The van der Waals surface area contributed by atoms with Crippen LogP contribution in [0.15, 0.2) is 83.2 Å². The zero-order valence-corrected chi connectivity index (χ0v) is 15.1. The molecule has 0 atom stereocenters. The molecule has 0 aliphatic carbocycles. The minimum Gasteiger partial charge on any atom is -0.494 e. The maximum Gasteiger partial charge on any atom is 0.199 e. The van der Waals surface area contributed by atoms with Gasteiger partial charge in [-0.05, 0) is 31.1 Å². The van der Waals surface area contributed by atoms with Gasteiger partial charge in [0.05, 0.1) is 11.3 Å². The van der Waals surface area contributed by atoms with E-state index in [0.29, 0.717) is 30.2 Å². The largest absolute Gasteiger partial charge is 0.494 e. The van der Waals surface area contributed by atoms with E-state index in [-0.39, 0.29) is 0 Å². The summed E-state index contributed by atoms with van der Waals surface area (Å²) in [5, 5.41) is 8.87. The van der Waals surface area contributed by atoms with E-state index < -0.39 is 0 Å². The maximum atomic E-state index is 8.87. The van der Waals surface area contributed by atoms with E-state index in [2.05, 4.69) is 11.6 Å². The highest BCUT2D eigenvalue weighted by molar-refractivity contribution is 5.71. The standard InChI is InChI=1S/C22H22N2O2/c1-4-8-19(13-22-24-21(16-26-22)17(2)14-23)12-11-18(3)25-15-20-9-6-5-7-10-20/h4-12,16H,2,13,15H2,1,3H3/b8-4-,18-11+,19-12+. The molecule has 0 fully saturated rings. The Balaban J connectivity index is 2.02. The van der Waals surface area contributed by atoms with Crippen LogP contribution in [-0.2, 0) is 17.8 Å². The minimum absolute atomic E-state index is 0.293. The second kappa shape index (κ2) is 9.85. The Kier molecular flexibility index (Phi) is 7.20. The Morgan fingerprint density at radius 1 is 1.31 bits per heavy atom. The van der Waals surface area contributed by atoms with E-state index in [0.717, 1.165) is 16.9 Å². The molecule has 0 aliphatic rings. The van der Waals surface area contributed by atoms with Crippen LogP contribution in [0, 0.1) is 11.3 Å². The molecular formula is C22H22N2O2. The van der Waals surface area contributed by atoms with Gasteiger partial charge in [-0.15, -0.1) is 0 Å². The van der Waals surface area contributed by atoms with Gasteiger partial charge in [-0.25, -0.2) is 4.98 Å². The molecule has 26 heavy (non-hydrogen) atoms. The number of oxazole rings is 1. The van der Waals surface area contributed by atoms with Gasteiger partial charge in [0.25, 0.3) is 0 Å². The van der Waals surface area contributed by atoms with Gasteiger partial charge < -0.3 is 9.15 Å². The fourth-order valence-electron chi connectivity index (χ4n) is 2.19. The van der Waals surface area contributed by atoms with Crippen molar-refractivity contribution in [2.45, 2.75) is 26.9 Å². The van der Waals surface area contributed by atoms with Crippen LogP contribution in [0.5, 0.6) is 0 Å². The van der Waals surface area contributed by atoms with Gasteiger partial charge in [-0.2, -0.15) is 5.26 Å². The first-order chi connectivity index (χ1) is 12.6. The number of aromatic nitrogens is 1. The normalized spacial score (nSPS) is 12.2. The Hall–Kier alpha value is -3.32. The van der Waals surface area contributed by atoms with E-state index in [1.807, 2.05) is 74.6 Å². The smallest absolute Gasteiger partial charge is 0.199 e. The lowest BCUT2D eigenvalue weighted by Crippen LogP contribution is -1.92. The minimum atomic E-state index is 0.293. The second-order valence-electron chi connectivity index (χ2n) is 5.69.